The lowest BCUT2D eigenvalue weighted by molar-refractivity contribution is -0.246. The van der Waals surface area contributed by atoms with Crippen LogP contribution in [0.2, 0.25) is 0 Å². The molecule has 2 saturated carbocycles. The third kappa shape index (κ3) is 3.07. The van der Waals surface area contributed by atoms with E-state index in [4.69, 9.17) is 0 Å². The zero-order valence-corrected chi connectivity index (χ0v) is 16.1. The molecule has 0 bridgehead atoms. The lowest BCUT2D eigenvalue weighted by Crippen LogP contribution is -2.68. The normalized spacial score (nSPS) is 20.3. The zero-order chi connectivity index (χ0) is 19.8. The third-order valence-electron chi connectivity index (χ3n) is 7.52. The Morgan fingerprint density at radius 1 is 0.714 bits per heavy atom. The van der Waals surface area contributed by atoms with Gasteiger partial charge < -0.3 is 10.2 Å². The van der Waals surface area contributed by atoms with E-state index in [-0.39, 0.29) is 18.2 Å². The van der Waals surface area contributed by atoms with E-state index in [1.54, 1.807) is 24.3 Å². The monoisotopic (exact) mass is 386 g/mol. The maximum Gasteiger partial charge on any atom is 0.123 e. The smallest absolute Gasteiger partial charge is 0.123 e. The molecule has 2 aliphatic rings. The van der Waals surface area contributed by atoms with Crippen molar-refractivity contribution in [2.45, 2.75) is 57.0 Å². The minimum Gasteiger partial charge on any atom is -0.393 e. The summed E-state index contributed by atoms with van der Waals surface area (Å²) in [5.41, 5.74) is -0.0345. The lowest BCUT2D eigenvalue weighted by atomic mass is 9.43. The van der Waals surface area contributed by atoms with Crippen LogP contribution < -0.4 is 0 Å². The van der Waals surface area contributed by atoms with Crippen molar-refractivity contribution in [3.63, 3.8) is 0 Å². The van der Waals surface area contributed by atoms with Crippen LogP contribution in [0.1, 0.15) is 49.7 Å². The molecule has 0 saturated heterocycles. The molecular weight excluding hydrogens is 358 g/mol. The van der Waals surface area contributed by atoms with Crippen LogP contribution in [0, 0.1) is 22.5 Å². The standard InChI is InChI=1S/C24H28F2O2/c25-20-7-3-18(4-8-20)15-22(11-1-12-22)24(28,17-27)23(13-2-14-23)16-19-5-9-21(26)10-6-19/h3-10,27-28H,1-2,11-17H2. The van der Waals surface area contributed by atoms with Gasteiger partial charge in [-0.2, -0.15) is 0 Å². The second-order valence-corrected chi connectivity index (χ2v) is 8.89. The Labute approximate surface area is 165 Å². The summed E-state index contributed by atoms with van der Waals surface area (Å²) < 4.78 is 26.6. The Morgan fingerprint density at radius 3 is 1.32 bits per heavy atom. The molecule has 2 N–H and O–H groups in total. The minimum absolute atomic E-state index is 0.268. The fourth-order valence-corrected chi connectivity index (χ4v) is 5.56. The average Bonchev–Trinajstić information content (AvgIpc) is 2.63. The molecule has 0 amide bonds. The van der Waals surface area contributed by atoms with Gasteiger partial charge >= 0.3 is 0 Å². The van der Waals surface area contributed by atoms with Gasteiger partial charge in [0, 0.05) is 10.8 Å². The lowest BCUT2D eigenvalue weighted by Gasteiger charge is -2.64. The van der Waals surface area contributed by atoms with Gasteiger partial charge in [0.1, 0.15) is 11.6 Å². The van der Waals surface area contributed by atoms with E-state index in [1.165, 1.54) is 24.3 Å². The van der Waals surface area contributed by atoms with Crippen LogP contribution in [0.3, 0.4) is 0 Å². The third-order valence-corrected chi connectivity index (χ3v) is 7.52. The van der Waals surface area contributed by atoms with Gasteiger partial charge in [-0.25, -0.2) is 8.78 Å². The summed E-state index contributed by atoms with van der Waals surface area (Å²) in [6.45, 7) is -0.282. The van der Waals surface area contributed by atoms with Gasteiger partial charge in [-0.15, -0.1) is 0 Å². The van der Waals surface area contributed by atoms with E-state index in [1.807, 2.05) is 0 Å². The SMILES string of the molecule is OCC(O)(C1(Cc2ccc(F)cc2)CCC1)C1(Cc2ccc(F)cc2)CCC1. The average molecular weight is 386 g/mol. The van der Waals surface area contributed by atoms with Crippen molar-refractivity contribution < 1.29 is 19.0 Å². The molecule has 2 aromatic carbocycles. The quantitative estimate of drug-likeness (QED) is 0.717. The number of aliphatic hydroxyl groups excluding tert-OH is 1. The molecule has 0 unspecified atom stereocenters. The molecule has 4 rings (SSSR count). The van der Waals surface area contributed by atoms with E-state index in [2.05, 4.69) is 0 Å². The molecule has 2 aliphatic carbocycles. The van der Waals surface area contributed by atoms with Gasteiger partial charge in [0.2, 0.25) is 0 Å². The van der Waals surface area contributed by atoms with E-state index in [9.17, 15) is 19.0 Å². The van der Waals surface area contributed by atoms with Gasteiger partial charge in [-0.3, -0.25) is 0 Å². The van der Waals surface area contributed by atoms with Crippen molar-refractivity contribution in [2.75, 3.05) is 6.61 Å². The van der Waals surface area contributed by atoms with Crippen molar-refractivity contribution >= 4 is 0 Å². The van der Waals surface area contributed by atoms with E-state index < -0.39 is 16.4 Å². The Morgan fingerprint density at radius 2 is 1.07 bits per heavy atom. The largest absolute Gasteiger partial charge is 0.393 e. The van der Waals surface area contributed by atoms with Crippen molar-refractivity contribution in [1.82, 2.24) is 0 Å². The van der Waals surface area contributed by atoms with Crippen LogP contribution in [0.15, 0.2) is 48.5 Å². The zero-order valence-electron chi connectivity index (χ0n) is 16.1. The van der Waals surface area contributed by atoms with Crippen molar-refractivity contribution in [1.29, 1.82) is 0 Å². The predicted octanol–water partition coefficient (Wildman–Crippen LogP) is 4.81. The molecule has 28 heavy (non-hydrogen) atoms. The molecule has 150 valence electrons. The first-order chi connectivity index (χ1) is 13.4. The second kappa shape index (κ2) is 7.23. The minimum atomic E-state index is -1.21. The Kier molecular flexibility index (Phi) is 5.05. The van der Waals surface area contributed by atoms with Crippen LogP contribution in [-0.2, 0) is 12.8 Å². The predicted molar refractivity (Wildman–Crippen MR) is 105 cm³/mol. The summed E-state index contributed by atoms with van der Waals surface area (Å²) in [6.07, 6.45) is 6.73. The summed E-state index contributed by atoms with van der Waals surface area (Å²) >= 11 is 0. The number of hydrogen-bond donors (Lipinski definition) is 2. The first kappa shape index (κ1) is 19.5. The van der Waals surface area contributed by atoms with Gasteiger partial charge in [-0.1, -0.05) is 37.1 Å². The number of rotatable bonds is 7. The molecule has 4 heteroatoms. The van der Waals surface area contributed by atoms with Crippen LogP contribution in [0.25, 0.3) is 0 Å². The first-order valence-corrected chi connectivity index (χ1v) is 10.2. The Hall–Kier alpha value is -1.78. The molecular formula is C24H28F2O2. The van der Waals surface area contributed by atoms with Crippen molar-refractivity contribution in [3.05, 3.63) is 71.3 Å². The summed E-state index contributed by atoms with van der Waals surface area (Å²) in [5.74, 6) is -0.536. The molecule has 2 nitrogen and oxygen atoms in total. The Bertz CT molecular complexity index is 740. The highest BCUT2D eigenvalue weighted by atomic mass is 19.1. The topological polar surface area (TPSA) is 40.5 Å². The molecule has 0 aromatic heterocycles. The molecule has 2 fully saturated rings. The van der Waals surface area contributed by atoms with Crippen LogP contribution in [0.5, 0.6) is 0 Å². The van der Waals surface area contributed by atoms with Gasteiger partial charge in [0.05, 0.1) is 12.2 Å². The molecule has 2 aromatic rings. The summed E-state index contributed by atoms with van der Waals surface area (Å²) in [7, 11) is 0. The fourth-order valence-electron chi connectivity index (χ4n) is 5.56. The van der Waals surface area contributed by atoms with Crippen molar-refractivity contribution in [3.8, 4) is 0 Å². The first-order valence-electron chi connectivity index (χ1n) is 10.2. The van der Waals surface area contributed by atoms with Gasteiger partial charge in [0.15, 0.2) is 0 Å². The van der Waals surface area contributed by atoms with Crippen LogP contribution in [0.4, 0.5) is 8.78 Å². The number of hydrogen-bond acceptors (Lipinski definition) is 2. The number of halogens is 2. The van der Waals surface area contributed by atoms with Gasteiger partial charge in [0.25, 0.3) is 0 Å². The molecule has 0 spiro atoms. The molecule has 0 atom stereocenters. The van der Waals surface area contributed by atoms with Crippen molar-refractivity contribution in [2.24, 2.45) is 10.8 Å². The number of aliphatic hydroxyl groups is 2. The molecule has 0 radical (unpaired) electrons. The maximum absolute atomic E-state index is 13.3. The fraction of sp³-hybridized carbons (Fsp3) is 0.500. The van der Waals surface area contributed by atoms with E-state index in [0.717, 1.165) is 49.7 Å². The number of benzene rings is 2. The summed E-state index contributed by atoms with van der Waals surface area (Å²) in [4.78, 5) is 0. The maximum atomic E-state index is 13.3. The Balaban J connectivity index is 1.66. The van der Waals surface area contributed by atoms with E-state index >= 15 is 0 Å². The molecule has 0 aliphatic heterocycles. The highest BCUT2D eigenvalue weighted by Crippen LogP contribution is 2.64. The summed E-state index contributed by atoms with van der Waals surface area (Å²) in [5, 5.41) is 22.5. The van der Waals surface area contributed by atoms with Crippen LogP contribution >= 0.6 is 0 Å². The van der Waals surface area contributed by atoms with Crippen LogP contribution in [-0.4, -0.2) is 22.4 Å². The van der Waals surface area contributed by atoms with E-state index in [0.29, 0.717) is 12.8 Å². The molecule has 0 heterocycles. The highest BCUT2D eigenvalue weighted by Gasteiger charge is 2.65. The highest BCUT2D eigenvalue weighted by molar-refractivity contribution is 5.26. The second-order valence-electron chi connectivity index (χ2n) is 8.89. The summed E-state index contributed by atoms with van der Waals surface area (Å²) in [6, 6.07) is 12.9. The van der Waals surface area contributed by atoms with Gasteiger partial charge in [-0.05, 0) is 73.9 Å².